The topological polar surface area (TPSA) is 63.2 Å². The van der Waals surface area contributed by atoms with Gasteiger partial charge in [0, 0.05) is 12.5 Å². The van der Waals surface area contributed by atoms with Crippen LogP contribution in [-0.4, -0.2) is 17.5 Å². The predicted molar refractivity (Wildman–Crippen MR) is 88.6 cm³/mol. The second-order valence-corrected chi connectivity index (χ2v) is 5.67. The molecule has 2 aromatic carbocycles. The third-order valence-corrected chi connectivity index (χ3v) is 3.99. The summed E-state index contributed by atoms with van der Waals surface area (Å²) in [5.41, 5.74) is 0.196. The Bertz CT molecular complexity index is 975. The molecule has 1 aliphatic rings. The van der Waals surface area contributed by atoms with E-state index >= 15 is 0 Å². The standard InChI is InChI=1S/C18H11ClFNO3/c1-9(22)21-17-16(19)15(23)8-14(18(17)24)12-4-2-3-10-5-6-11(20)7-13(10)12/h2-8H,1H3,(H,21,22). The number of carbonyl (C=O) groups is 3. The molecular weight excluding hydrogens is 333 g/mol. The summed E-state index contributed by atoms with van der Waals surface area (Å²) in [6, 6.07) is 9.28. The molecule has 0 unspecified atom stereocenters. The maximum absolute atomic E-state index is 13.6. The summed E-state index contributed by atoms with van der Waals surface area (Å²) < 4.78 is 13.6. The zero-order valence-electron chi connectivity index (χ0n) is 12.5. The lowest BCUT2D eigenvalue weighted by atomic mass is 9.90. The molecule has 0 radical (unpaired) electrons. The smallest absolute Gasteiger partial charge is 0.221 e. The molecule has 1 amide bonds. The molecule has 120 valence electrons. The fourth-order valence-corrected chi connectivity index (χ4v) is 2.77. The average Bonchev–Trinajstić information content (AvgIpc) is 2.54. The van der Waals surface area contributed by atoms with E-state index in [9.17, 15) is 18.8 Å². The Labute approximate surface area is 141 Å². The number of carbonyl (C=O) groups excluding carboxylic acids is 3. The number of ketones is 2. The molecule has 2 aromatic rings. The number of Topliss-reactive ketones (excluding diaryl/α,β-unsaturated/α-hetero) is 1. The van der Waals surface area contributed by atoms with Crippen molar-refractivity contribution in [3.63, 3.8) is 0 Å². The highest BCUT2D eigenvalue weighted by Crippen LogP contribution is 2.32. The van der Waals surface area contributed by atoms with Gasteiger partial charge in [0.15, 0.2) is 5.78 Å². The van der Waals surface area contributed by atoms with Gasteiger partial charge in [0.05, 0.1) is 0 Å². The third kappa shape index (κ3) is 2.74. The van der Waals surface area contributed by atoms with Crippen LogP contribution in [-0.2, 0) is 14.4 Å². The van der Waals surface area contributed by atoms with Crippen LogP contribution in [0, 0.1) is 5.82 Å². The number of fused-ring (bicyclic) bond motifs is 1. The average molecular weight is 344 g/mol. The highest BCUT2D eigenvalue weighted by atomic mass is 35.5. The summed E-state index contributed by atoms with van der Waals surface area (Å²) in [5, 5.41) is 3.16. The van der Waals surface area contributed by atoms with Crippen LogP contribution in [0.4, 0.5) is 4.39 Å². The van der Waals surface area contributed by atoms with E-state index in [0.29, 0.717) is 10.9 Å². The zero-order valence-corrected chi connectivity index (χ0v) is 13.3. The van der Waals surface area contributed by atoms with Gasteiger partial charge in [-0.25, -0.2) is 4.39 Å². The van der Waals surface area contributed by atoms with Gasteiger partial charge < -0.3 is 5.32 Å². The van der Waals surface area contributed by atoms with E-state index in [1.54, 1.807) is 24.3 Å². The van der Waals surface area contributed by atoms with Crippen molar-refractivity contribution in [3.8, 4) is 0 Å². The summed E-state index contributed by atoms with van der Waals surface area (Å²) in [6.07, 6.45) is 1.11. The predicted octanol–water partition coefficient (Wildman–Crippen LogP) is 3.10. The number of nitrogens with one attached hydrogen (secondary N) is 1. The highest BCUT2D eigenvalue weighted by Gasteiger charge is 2.29. The molecule has 6 heteroatoms. The molecule has 0 spiro atoms. The Balaban J connectivity index is 2.19. The molecule has 0 fully saturated rings. The number of amides is 1. The van der Waals surface area contributed by atoms with Crippen LogP contribution in [0.5, 0.6) is 0 Å². The van der Waals surface area contributed by atoms with E-state index in [1.165, 1.54) is 19.1 Å². The summed E-state index contributed by atoms with van der Waals surface area (Å²) in [4.78, 5) is 36.0. The van der Waals surface area contributed by atoms with Crippen molar-refractivity contribution < 1.29 is 18.8 Å². The van der Waals surface area contributed by atoms with Crippen molar-refractivity contribution >= 4 is 45.4 Å². The van der Waals surface area contributed by atoms with Crippen LogP contribution < -0.4 is 5.32 Å². The molecule has 0 atom stereocenters. The first-order chi connectivity index (χ1) is 11.4. The summed E-state index contributed by atoms with van der Waals surface area (Å²) in [5.74, 6) is -2.16. The van der Waals surface area contributed by atoms with E-state index in [0.717, 1.165) is 11.5 Å². The minimum absolute atomic E-state index is 0.0596. The molecule has 0 aromatic heterocycles. The third-order valence-electron chi connectivity index (χ3n) is 3.62. The fourth-order valence-electron chi connectivity index (χ4n) is 2.59. The first kappa shape index (κ1) is 16.1. The normalized spacial score (nSPS) is 14.9. The highest BCUT2D eigenvalue weighted by molar-refractivity contribution is 6.52. The van der Waals surface area contributed by atoms with Crippen molar-refractivity contribution in [2.75, 3.05) is 0 Å². The molecule has 24 heavy (non-hydrogen) atoms. The van der Waals surface area contributed by atoms with Crippen LogP contribution in [0.3, 0.4) is 0 Å². The molecule has 0 saturated heterocycles. The van der Waals surface area contributed by atoms with Crippen LogP contribution >= 0.6 is 11.6 Å². The Morgan fingerprint density at radius 1 is 1.17 bits per heavy atom. The number of allylic oxidation sites excluding steroid dienone is 3. The molecule has 4 nitrogen and oxygen atoms in total. The van der Waals surface area contributed by atoms with Crippen molar-refractivity contribution in [3.05, 3.63) is 64.6 Å². The van der Waals surface area contributed by atoms with Crippen molar-refractivity contribution in [1.29, 1.82) is 0 Å². The largest absolute Gasteiger partial charge is 0.322 e. The van der Waals surface area contributed by atoms with Crippen molar-refractivity contribution in [2.45, 2.75) is 6.92 Å². The van der Waals surface area contributed by atoms with E-state index < -0.39 is 23.3 Å². The number of hydrogen-bond acceptors (Lipinski definition) is 3. The zero-order chi connectivity index (χ0) is 17.4. The number of hydrogen-bond donors (Lipinski definition) is 1. The molecular formula is C18H11ClFNO3. The van der Waals surface area contributed by atoms with E-state index in [1.807, 2.05) is 0 Å². The Kier molecular flexibility index (Phi) is 4.03. The van der Waals surface area contributed by atoms with Crippen LogP contribution in [0.15, 0.2) is 53.2 Å². The van der Waals surface area contributed by atoms with Crippen LogP contribution in [0.1, 0.15) is 12.5 Å². The molecule has 1 N–H and O–H groups in total. The number of benzene rings is 2. The van der Waals surface area contributed by atoms with Crippen molar-refractivity contribution in [2.24, 2.45) is 0 Å². The van der Waals surface area contributed by atoms with Gasteiger partial charge in [-0.15, -0.1) is 0 Å². The lowest BCUT2D eigenvalue weighted by molar-refractivity contribution is -0.120. The van der Waals surface area contributed by atoms with Gasteiger partial charge in [-0.05, 0) is 34.5 Å². The SMILES string of the molecule is CC(=O)NC1=C(Cl)C(=O)C=C(c2cccc3ccc(F)cc23)C1=O. The molecule has 3 rings (SSSR count). The van der Waals surface area contributed by atoms with E-state index in [4.69, 9.17) is 11.6 Å². The first-order valence-corrected chi connectivity index (χ1v) is 7.43. The van der Waals surface area contributed by atoms with Crippen LogP contribution in [0.25, 0.3) is 16.3 Å². The second kappa shape index (κ2) is 6.02. The van der Waals surface area contributed by atoms with Gasteiger partial charge in [0.2, 0.25) is 11.7 Å². The fraction of sp³-hybridized carbons (Fsp3) is 0.0556. The van der Waals surface area contributed by atoms with Gasteiger partial charge in [0.25, 0.3) is 0 Å². The molecule has 0 saturated carbocycles. The molecule has 0 heterocycles. The number of halogens is 2. The van der Waals surface area contributed by atoms with Crippen LogP contribution in [0.2, 0.25) is 0 Å². The van der Waals surface area contributed by atoms with Gasteiger partial charge in [-0.2, -0.15) is 0 Å². The maximum atomic E-state index is 13.6. The monoisotopic (exact) mass is 343 g/mol. The molecule has 0 bridgehead atoms. The Morgan fingerprint density at radius 2 is 1.92 bits per heavy atom. The summed E-state index contributed by atoms with van der Waals surface area (Å²) in [7, 11) is 0. The van der Waals surface area contributed by atoms with E-state index in [-0.39, 0.29) is 16.3 Å². The van der Waals surface area contributed by atoms with Gasteiger partial charge in [-0.3, -0.25) is 14.4 Å². The summed E-state index contributed by atoms with van der Waals surface area (Å²) >= 11 is 5.86. The second-order valence-electron chi connectivity index (χ2n) is 5.29. The molecule has 1 aliphatic carbocycles. The van der Waals surface area contributed by atoms with Crippen molar-refractivity contribution in [1.82, 2.24) is 5.32 Å². The lowest BCUT2D eigenvalue weighted by Crippen LogP contribution is -2.30. The quantitative estimate of drug-likeness (QED) is 0.852. The summed E-state index contributed by atoms with van der Waals surface area (Å²) in [6.45, 7) is 1.21. The Hall–Kier alpha value is -2.79. The molecule has 0 aliphatic heterocycles. The van der Waals surface area contributed by atoms with Gasteiger partial charge in [-0.1, -0.05) is 35.9 Å². The number of rotatable bonds is 2. The van der Waals surface area contributed by atoms with E-state index in [2.05, 4.69) is 5.32 Å². The minimum atomic E-state index is -0.594. The lowest BCUT2D eigenvalue weighted by Gasteiger charge is -2.17. The van der Waals surface area contributed by atoms with Gasteiger partial charge >= 0.3 is 0 Å². The first-order valence-electron chi connectivity index (χ1n) is 7.05. The van der Waals surface area contributed by atoms with Gasteiger partial charge in [0.1, 0.15) is 16.5 Å². The maximum Gasteiger partial charge on any atom is 0.221 e. The Morgan fingerprint density at radius 3 is 2.62 bits per heavy atom. The minimum Gasteiger partial charge on any atom is -0.322 e.